The van der Waals surface area contributed by atoms with Gasteiger partial charge in [0.2, 0.25) is 0 Å². The number of hydrogen-bond donors (Lipinski definition) is 1. The van der Waals surface area contributed by atoms with Crippen molar-refractivity contribution in [1.29, 1.82) is 0 Å². The van der Waals surface area contributed by atoms with E-state index in [1.165, 1.54) is 0 Å². The van der Waals surface area contributed by atoms with Crippen molar-refractivity contribution in [1.82, 2.24) is 4.34 Å². The van der Waals surface area contributed by atoms with Gasteiger partial charge in [-0.15, -0.1) is 0 Å². The predicted octanol–water partition coefficient (Wildman–Crippen LogP) is 5.22. The van der Waals surface area contributed by atoms with Crippen LogP contribution in [0.2, 0.25) is 0 Å². The van der Waals surface area contributed by atoms with Crippen molar-refractivity contribution in [3.8, 4) is 5.75 Å². The van der Waals surface area contributed by atoms with Crippen LogP contribution < -0.4 is 4.52 Å². The fraction of sp³-hybridized carbons (Fsp3) is 0.222. The van der Waals surface area contributed by atoms with Crippen molar-refractivity contribution in [2.24, 2.45) is 0 Å². The molecular formula is C18H20NO2P. The lowest BCUT2D eigenvalue weighted by atomic mass is 10.0. The number of rotatable bonds is 4. The molecule has 22 heavy (non-hydrogen) atoms. The van der Waals surface area contributed by atoms with Crippen molar-refractivity contribution < 1.29 is 9.42 Å². The Balaban J connectivity index is 1.94. The van der Waals surface area contributed by atoms with E-state index >= 15 is 0 Å². The van der Waals surface area contributed by atoms with Crippen molar-refractivity contribution in [2.75, 3.05) is 0 Å². The lowest BCUT2D eigenvalue weighted by Crippen LogP contribution is -2.00. The van der Waals surface area contributed by atoms with Crippen LogP contribution in [-0.2, 0) is 0 Å². The molecule has 0 fully saturated rings. The zero-order chi connectivity index (χ0) is 15.7. The standard InChI is InChI=1S/C18H20NO2P/c1-13(2)16-9-8-14(3)12-18(16)21-22(20)19-11-10-15-6-4-5-7-17(15)19/h4-13,20H,1-3H3. The minimum atomic E-state index is -1.75. The number of aromatic nitrogens is 1. The molecule has 0 saturated carbocycles. The second-order valence-electron chi connectivity index (χ2n) is 5.76. The van der Waals surface area contributed by atoms with E-state index in [1.807, 2.05) is 49.5 Å². The average Bonchev–Trinajstić information content (AvgIpc) is 2.91. The highest BCUT2D eigenvalue weighted by Gasteiger charge is 2.17. The molecule has 2 aromatic carbocycles. The normalized spacial score (nSPS) is 12.8. The fourth-order valence-electron chi connectivity index (χ4n) is 2.55. The van der Waals surface area contributed by atoms with Gasteiger partial charge in [0.05, 0.1) is 5.52 Å². The Morgan fingerprint density at radius 3 is 2.64 bits per heavy atom. The van der Waals surface area contributed by atoms with Crippen LogP contribution in [0.1, 0.15) is 30.9 Å². The number of hydrogen-bond acceptors (Lipinski definition) is 2. The van der Waals surface area contributed by atoms with Gasteiger partial charge in [0.1, 0.15) is 5.75 Å². The molecule has 0 aliphatic heterocycles. The minimum absolute atomic E-state index is 0.348. The molecule has 0 bridgehead atoms. The number of para-hydroxylation sites is 1. The molecule has 0 aliphatic rings. The first-order chi connectivity index (χ1) is 10.6. The minimum Gasteiger partial charge on any atom is -0.431 e. The molecule has 4 heteroatoms. The third-order valence-corrected chi connectivity index (χ3v) is 4.81. The first-order valence-electron chi connectivity index (χ1n) is 7.40. The molecule has 3 rings (SSSR count). The summed E-state index contributed by atoms with van der Waals surface area (Å²) in [5, 5.41) is 1.10. The Kier molecular flexibility index (Phi) is 4.19. The Hall–Kier alpha value is -1.83. The third kappa shape index (κ3) is 2.87. The summed E-state index contributed by atoms with van der Waals surface area (Å²) in [4.78, 5) is 10.6. The summed E-state index contributed by atoms with van der Waals surface area (Å²) < 4.78 is 7.73. The van der Waals surface area contributed by atoms with Crippen LogP contribution in [0, 0.1) is 6.92 Å². The molecule has 1 N–H and O–H groups in total. The summed E-state index contributed by atoms with van der Waals surface area (Å²) in [6.07, 6.45) is 1.88. The Morgan fingerprint density at radius 1 is 1.09 bits per heavy atom. The van der Waals surface area contributed by atoms with E-state index in [1.54, 1.807) is 4.34 Å². The molecule has 0 amide bonds. The van der Waals surface area contributed by atoms with Crippen LogP contribution in [0.3, 0.4) is 0 Å². The Bertz CT molecular complexity index is 795. The van der Waals surface area contributed by atoms with E-state index < -0.39 is 8.53 Å². The number of aryl methyl sites for hydroxylation is 1. The van der Waals surface area contributed by atoms with Crippen LogP contribution in [-0.4, -0.2) is 9.23 Å². The summed E-state index contributed by atoms with van der Waals surface area (Å²) in [6, 6.07) is 16.1. The summed E-state index contributed by atoms with van der Waals surface area (Å²) in [5.74, 6) is 1.11. The van der Waals surface area contributed by atoms with Crippen LogP contribution >= 0.6 is 8.53 Å². The quantitative estimate of drug-likeness (QED) is 0.670. The van der Waals surface area contributed by atoms with Gasteiger partial charge in [-0.1, -0.05) is 44.2 Å². The monoisotopic (exact) mass is 313 g/mol. The third-order valence-electron chi connectivity index (χ3n) is 3.73. The summed E-state index contributed by atoms with van der Waals surface area (Å²) in [5.41, 5.74) is 3.22. The molecule has 1 unspecified atom stereocenters. The van der Waals surface area contributed by atoms with E-state index in [9.17, 15) is 4.89 Å². The van der Waals surface area contributed by atoms with Crippen molar-refractivity contribution in [3.05, 3.63) is 65.9 Å². The van der Waals surface area contributed by atoms with Gasteiger partial charge in [-0.25, -0.2) is 0 Å². The highest BCUT2D eigenvalue weighted by atomic mass is 31.2. The molecule has 3 aromatic rings. The smallest absolute Gasteiger partial charge is 0.354 e. The highest BCUT2D eigenvalue weighted by Crippen LogP contribution is 2.41. The van der Waals surface area contributed by atoms with Crippen LogP contribution in [0.4, 0.5) is 0 Å². The molecule has 0 aliphatic carbocycles. The van der Waals surface area contributed by atoms with Crippen LogP contribution in [0.5, 0.6) is 5.75 Å². The van der Waals surface area contributed by atoms with Gasteiger partial charge in [-0.2, -0.15) is 0 Å². The van der Waals surface area contributed by atoms with Gasteiger partial charge < -0.3 is 9.42 Å². The second kappa shape index (κ2) is 6.12. The average molecular weight is 313 g/mol. The van der Waals surface area contributed by atoms with Gasteiger partial charge in [0.25, 0.3) is 0 Å². The maximum atomic E-state index is 10.6. The number of nitrogens with zero attached hydrogens (tertiary/aromatic N) is 1. The molecule has 114 valence electrons. The summed E-state index contributed by atoms with van der Waals surface area (Å²) in [6.45, 7) is 6.28. The van der Waals surface area contributed by atoms with Crippen LogP contribution in [0.25, 0.3) is 10.9 Å². The maximum Gasteiger partial charge on any atom is 0.354 e. The SMILES string of the molecule is Cc1ccc(C(C)C)c(OP(O)n2ccc3ccccc32)c1. The Labute approximate surface area is 132 Å². The molecule has 0 spiro atoms. The first-order valence-corrected chi connectivity index (χ1v) is 8.56. The lowest BCUT2D eigenvalue weighted by molar-refractivity contribution is 0.471. The largest absolute Gasteiger partial charge is 0.431 e. The molecule has 1 atom stereocenters. The van der Waals surface area contributed by atoms with Gasteiger partial charge in [0, 0.05) is 11.6 Å². The highest BCUT2D eigenvalue weighted by molar-refractivity contribution is 7.45. The second-order valence-corrected chi connectivity index (χ2v) is 6.88. The molecular weight excluding hydrogens is 293 g/mol. The van der Waals surface area contributed by atoms with E-state index in [0.717, 1.165) is 27.8 Å². The number of fused-ring (bicyclic) bond motifs is 1. The molecule has 1 heterocycles. The van der Waals surface area contributed by atoms with E-state index in [0.29, 0.717) is 5.92 Å². The summed E-state index contributed by atoms with van der Waals surface area (Å²) >= 11 is 0. The van der Waals surface area contributed by atoms with Crippen LogP contribution in [0.15, 0.2) is 54.7 Å². The van der Waals surface area contributed by atoms with Crippen molar-refractivity contribution in [3.63, 3.8) is 0 Å². The zero-order valence-corrected chi connectivity index (χ0v) is 13.9. The van der Waals surface area contributed by atoms with Crippen molar-refractivity contribution >= 4 is 19.4 Å². The molecule has 1 aromatic heterocycles. The van der Waals surface area contributed by atoms with Gasteiger partial charge >= 0.3 is 8.53 Å². The zero-order valence-electron chi connectivity index (χ0n) is 13.0. The van der Waals surface area contributed by atoms with E-state index in [-0.39, 0.29) is 0 Å². The Morgan fingerprint density at radius 2 is 1.86 bits per heavy atom. The lowest BCUT2D eigenvalue weighted by Gasteiger charge is -2.18. The summed E-state index contributed by atoms with van der Waals surface area (Å²) in [7, 11) is -1.75. The maximum absolute atomic E-state index is 10.6. The van der Waals surface area contributed by atoms with Gasteiger partial charge in [-0.05, 0) is 42.2 Å². The van der Waals surface area contributed by atoms with Gasteiger partial charge in [-0.3, -0.25) is 4.34 Å². The van der Waals surface area contributed by atoms with E-state index in [2.05, 4.69) is 26.0 Å². The predicted molar refractivity (Wildman–Crippen MR) is 92.4 cm³/mol. The van der Waals surface area contributed by atoms with E-state index in [4.69, 9.17) is 4.52 Å². The molecule has 0 saturated heterocycles. The van der Waals surface area contributed by atoms with Crippen molar-refractivity contribution in [2.45, 2.75) is 26.7 Å². The molecule has 3 nitrogen and oxygen atoms in total. The molecule has 0 radical (unpaired) electrons. The number of benzene rings is 2. The topological polar surface area (TPSA) is 34.4 Å². The first kappa shape index (κ1) is 15.1. The van der Waals surface area contributed by atoms with Gasteiger partial charge in [0.15, 0.2) is 0 Å². The fourth-order valence-corrected chi connectivity index (χ4v) is 3.52.